The molecular formula is C15H20O3. The van der Waals surface area contributed by atoms with Gasteiger partial charge in [0.2, 0.25) is 0 Å². The van der Waals surface area contributed by atoms with Crippen LogP contribution in [-0.2, 0) is 14.3 Å². The zero-order valence-corrected chi connectivity index (χ0v) is 10.9. The molecule has 3 heteroatoms. The molecular weight excluding hydrogens is 228 g/mol. The topological polar surface area (TPSA) is 35.5 Å². The molecule has 0 aliphatic carbocycles. The number of benzene rings is 1. The standard InChI is InChI=1S/C15H20O3/c1-11(8-9-16)14-12(2)10-17-15(18-14)13-6-4-3-5-7-13/h3-7,9,11-12,14-15H,8,10H2,1-2H3/t11-,12+,14-,15+/m0/s1. The van der Waals surface area contributed by atoms with Gasteiger partial charge in [0.05, 0.1) is 12.7 Å². The second kappa shape index (κ2) is 6.12. The summed E-state index contributed by atoms with van der Waals surface area (Å²) < 4.78 is 11.7. The Morgan fingerprint density at radius 1 is 1.39 bits per heavy atom. The lowest BCUT2D eigenvalue weighted by Crippen LogP contribution is -2.39. The SMILES string of the molecule is C[C@@H]1CO[C@@H](c2ccccc2)O[C@H]1[C@@H](C)CC=O. The monoisotopic (exact) mass is 248 g/mol. The van der Waals surface area contributed by atoms with Crippen LogP contribution < -0.4 is 0 Å². The third-order valence-electron chi connectivity index (χ3n) is 3.45. The minimum absolute atomic E-state index is 0.0779. The van der Waals surface area contributed by atoms with Gasteiger partial charge in [-0.15, -0.1) is 0 Å². The van der Waals surface area contributed by atoms with Crippen molar-refractivity contribution in [1.29, 1.82) is 0 Å². The lowest BCUT2D eigenvalue weighted by atomic mass is 9.91. The average molecular weight is 248 g/mol. The van der Waals surface area contributed by atoms with Gasteiger partial charge in [-0.1, -0.05) is 44.2 Å². The van der Waals surface area contributed by atoms with Crippen molar-refractivity contribution in [1.82, 2.24) is 0 Å². The number of carbonyl (C=O) groups is 1. The number of carbonyl (C=O) groups excluding carboxylic acids is 1. The summed E-state index contributed by atoms with van der Waals surface area (Å²) in [6.45, 7) is 4.84. The maximum absolute atomic E-state index is 10.6. The lowest BCUT2D eigenvalue weighted by Gasteiger charge is -2.37. The van der Waals surface area contributed by atoms with Crippen LogP contribution in [0.4, 0.5) is 0 Å². The predicted molar refractivity (Wildman–Crippen MR) is 69.0 cm³/mol. The second-order valence-corrected chi connectivity index (χ2v) is 5.03. The van der Waals surface area contributed by atoms with Crippen LogP contribution in [0.1, 0.15) is 32.1 Å². The Balaban J connectivity index is 2.06. The predicted octanol–water partition coefficient (Wildman–Crippen LogP) is 2.96. The Morgan fingerprint density at radius 3 is 2.78 bits per heavy atom. The van der Waals surface area contributed by atoms with E-state index in [2.05, 4.69) is 13.8 Å². The number of hydrogen-bond donors (Lipinski definition) is 0. The number of ether oxygens (including phenoxy) is 2. The molecule has 18 heavy (non-hydrogen) atoms. The molecule has 3 nitrogen and oxygen atoms in total. The van der Waals surface area contributed by atoms with E-state index in [4.69, 9.17) is 9.47 Å². The zero-order valence-electron chi connectivity index (χ0n) is 10.9. The van der Waals surface area contributed by atoms with E-state index < -0.39 is 0 Å². The number of aldehydes is 1. The molecule has 0 unspecified atom stereocenters. The van der Waals surface area contributed by atoms with E-state index in [0.29, 0.717) is 18.9 Å². The Bertz CT molecular complexity index is 377. The van der Waals surface area contributed by atoms with Gasteiger partial charge in [-0.2, -0.15) is 0 Å². The average Bonchev–Trinajstić information content (AvgIpc) is 2.40. The highest BCUT2D eigenvalue weighted by molar-refractivity contribution is 5.49. The highest BCUT2D eigenvalue weighted by Gasteiger charge is 2.33. The normalized spacial score (nSPS) is 29.8. The molecule has 1 saturated heterocycles. The van der Waals surface area contributed by atoms with Gasteiger partial charge in [-0.25, -0.2) is 0 Å². The largest absolute Gasteiger partial charge is 0.348 e. The smallest absolute Gasteiger partial charge is 0.184 e. The van der Waals surface area contributed by atoms with E-state index in [0.717, 1.165) is 11.8 Å². The van der Waals surface area contributed by atoms with E-state index in [-0.39, 0.29) is 18.3 Å². The summed E-state index contributed by atoms with van der Waals surface area (Å²) in [5, 5.41) is 0. The summed E-state index contributed by atoms with van der Waals surface area (Å²) in [5.41, 5.74) is 1.03. The minimum atomic E-state index is -0.304. The fourth-order valence-electron chi connectivity index (χ4n) is 2.42. The zero-order chi connectivity index (χ0) is 13.0. The van der Waals surface area contributed by atoms with Crippen molar-refractivity contribution >= 4 is 6.29 Å². The van der Waals surface area contributed by atoms with Crippen molar-refractivity contribution < 1.29 is 14.3 Å². The molecule has 0 saturated carbocycles. The molecule has 1 aliphatic heterocycles. The van der Waals surface area contributed by atoms with Gasteiger partial charge in [0.1, 0.15) is 6.29 Å². The second-order valence-electron chi connectivity index (χ2n) is 5.03. The molecule has 98 valence electrons. The summed E-state index contributed by atoms with van der Waals surface area (Å²) in [7, 11) is 0. The van der Waals surface area contributed by atoms with E-state index in [9.17, 15) is 4.79 Å². The van der Waals surface area contributed by atoms with Crippen molar-refractivity contribution in [2.45, 2.75) is 32.7 Å². The fourth-order valence-corrected chi connectivity index (χ4v) is 2.42. The molecule has 4 atom stereocenters. The molecule has 0 bridgehead atoms. The number of hydrogen-bond acceptors (Lipinski definition) is 3. The van der Waals surface area contributed by atoms with E-state index in [1.165, 1.54) is 0 Å². The molecule has 0 radical (unpaired) electrons. The Labute approximate surface area is 108 Å². The Hall–Kier alpha value is -1.19. The first kappa shape index (κ1) is 13.2. The Morgan fingerprint density at radius 2 is 2.11 bits per heavy atom. The van der Waals surface area contributed by atoms with Crippen LogP contribution in [0.3, 0.4) is 0 Å². The van der Waals surface area contributed by atoms with Gasteiger partial charge >= 0.3 is 0 Å². The first-order valence-electron chi connectivity index (χ1n) is 6.48. The molecule has 0 spiro atoms. The summed E-state index contributed by atoms with van der Waals surface area (Å²) in [6, 6.07) is 9.93. The number of rotatable bonds is 4. The van der Waals surface area contributed by atoms with Crippen LogP contribution in [0.25, 0.3) is 0 Å². The highest BCUT2D eigenvalue weighted by Crippen LogP contribution is 2.33. The summed E-state index contributed by atoms with van der Waals surface area (Å²) in [5.74, 6) is 0.549. The van der Waals surface area contributed by atoms with Crippen molar-refractivity contribution in [2.75, 3.05) is 6.61 Å². The van der Waals surface area contributed by atoms with E-state index >= 15 is 0 Å². The van der Waals surface area contributed by atoms with Crippen LogP contribution >= 0.6 is 0 Å². The molecule has 0 aromatic heterocycles. The van der Waals surface area contributed by atoms with Crippen LogP contribution in [0.2, 0.25) is 0 Å². The molecule has 1 aromatic carbocycles. The van der Waals surface area contributed by atoms with E-state index in [1.807, 2.05) is 30.3 Å². The molecule has 1 heterocycles. The molecule has 1 aliphatic rings. The first-order valence-corrected chi connectivity index (χ1v) is 6.48. The Kier molecular flexibility index (Phi) is 4.50. The minimum Gasteiger partial charge on any atom is -0.348 e. The van der Waals surface area contributed by atoms with Gasteiger partial charge < -0.3 is 14.3 Å². The van der Waals surface area contributed by atoms with Gasteiger partial charge in [-0.3, -0.25) is 0 Å². The summed E-state index contributed by atoms with van der Waals surface area (Å²) in [4.78, 5) is 10.6. The molecule has 0 N–H and O–H groups in total. The van der Waals surface area contributed by atoms with Gasteiger partial charge in [0.15, 0.2) is 6.29 Å². The van der Waals surface area contributed by atoms with Crippen LogP contribution in [0.15, 0.2) is 30.3 Å². The van der Waals surface area contributed by atoms with Crippen molar-refractivity contribution in [3.8, 4) is 0 Å². The molecule has 2 rings (SSSR count). The highest BCUT2D eigenvalue weighted by atomic mass is 16.7. The summed E-state index contributed by atoms with van der Waals surface area (Å²) >= 11 is 0. The lowest BCUT2D eigenvalue weighted by molar-refractivity contribution is -0.249. The fraction of sp³-hybridized carbons (Fsp3) is 0.533. The van der Waals surface area contributed by atoms with Gasteiger partial charge in [0, 0.05) is 17.9 Å². The maximum atomic E-state index is 10.6. The van der Waals surface area contributed by atoms with Crippen molar-refractivity contribution in [2.24, 2.45) is 11.8 Å². The van der Waals surface area contributed by atoms with Gasteiger partial charge in [0.25, 0.3) is 0 Å². The maximum Gasteiger partial charge on any atom is 0.184 e. The van der Waals surface area contributed by atoms with Crippen LogP contribution in [0, 0.1) is 11.8 Å². The molecule has 1 fully saturated rings. The van der Waals surface area contributed by atoms with Crippen molar-refractivity contribution in [3.63, 3.8) is 0 Å². The van der Waals surface area contributed by atoms with E-state index in [1.54, 1.807) is 0 Å². The summed E-state index contributed by atoms with van der Waals surface area (Å²) in [6.07, 6.45) is 1.28. The third kappa shape index (κ3) is 2.98. The van der Waals surface area contributed by atoms with Gasteiger partial charge in [-0.05, 0) is 5.92 Å². The van der Waals surface area contributed by atoms with Crippen LogP contribution in [0.5, 0.6) is 0 Å². The first-order chi connectivity index (χ1) is 8.72. The third-order valence-corrected chi connectivity index (χ3v) is 3.45. The molecule has 0 amide bonds. The van der Waals surface area contributed by atoms with Crippen LogP contribution in [-0.4, -0.2) is 19.0 Å². The van der Waals surface area contributed by atoms with Crippen molar-refractivity contribution in [3.05, 3.63) is 35.9 Å². The molecule has 1 aromatic rings. The quantitative estimate of drug-likeness (QED) is 0.768.